The molecule has 0 saturated carbocycles. The number of hydrogen-bond donors (Lipinski definition) is 1. The summed E-state index contributed by atoms with van der Waals surface area (Å²) in [5, 5.41) is 0. The predicted molar refractivity (Wildman–Crippen MR) is 79.9 cm³/mol. The standard InChI is InChI=1S/C16H19F3N2O3/c1-10-8-21(9-13(10)15(20)23)14(22)7-4-11-2-5-12(6-3-11)24-16(17,18)19/h2-3,5-6,10,13H,4,7-9H2,1H3,(H2,20,23)/t10-,13-/m1/s1. The number of carbonyl (C=O) groups is 2. The molecule has 24 heavy (non-hydrogen) atoms. The van der Waals surface area contributed by atoms with Crippen molar-refractivity contribution in [3.8, 4) is 5.75 Å². The second kappa shape index (κ2) is 7.11. The second-order valence-corrected chi connectivity index (χ2v) is 5.98. The van der Waals surface area contributed by atoms with Crippen LogP contribution in [0.3, 0.4) is 0 Å². The molecule has 0 unspecified atom stereocenters. The van der Waals surface area contributed by atoms with E-state index in [-0.39, 0.29) is 29.9 Å². The van der Waals surface area contributed by atoms with E-state index in [1.807, 2.05) is 6.92 Å². The number of rotatable bonds is 5. The Morgan fingerprint density at radius 1 is 1.25 bits per heavy atom. The lowest BCUT2D eigenvalue weighted by Gasteiger charge is -2.16. The topological polar surface area (TPSA) is 72.6 Å². The Morgan fingerprint density at radius 3 is 2.38 bits per heavy atom. The fourth-order valence-corrected chi connectivity index (χ4v) is 2.81. The zero-order chi connectivity index (χ0) is 17.9. The van der Waals surface area contributed by atoms with Crippen molar-refractivity contribution in [1.29, 1.82) is 0 Å². The Labute approximate surface area is 137 Å². The first-order chi connectivity index (χ1) is 11.2. The Bertz CT molecular complexity index is 602. The van der Waals surface area contributed by atoms with Crippen molar-refractivity contribution < 1.29 is 27.5 Å². The van der Waals surface area contributed by atoms with Crippen LogP contribution < -0.4 is 10.5 Å². The molecule has 2 amide bonds. The SMILES string of the molecule is C[C@@H]1CN(C(=O)CCc2ccc(OC(F)(F)F)cc2)C[C@H]1C(N)=O. The van der Waals surface area contributed by atoms with Gasteiger partial charge in [-0.1, -0.05) is 19.1 Å². The van der Waals surface area contributed by atoms with Crippen LogP contribution in [-0.4, -0.2) is 36.2 Å². The molecule has 1 aromatic carbocycles. The van der Waals surface area contributed by atoms with Crippen LogP contribution in [0.25, 0.3) is 0 Å². The molecule has 0 aliphatic carbocycles. The number of benzene rings is 1. The van der Waals surface area contributed by atoms with E-state index in [0.717, 1.165) is 5.56 Å². The van der Waals surface area contributed by atoms with Crippen LogP contribution in [-0.2, 0) is 16.0 Å². The number of nitrogens with two attached hydrogens (primary N) is 1. The molecular formula is C16H19F3N2O3. The van der Waals surface area contributed by atoms with Gasteiger partial charge in [-0.2, -0.15) is 0 Å². The zero-order valence-electron chi connectivity index (χ0n) is 13.2. The van der Waals surface area contributed by atoms with Crippen LogP contribution >= 0.6 is 0 Å². The zero-order valence-corrected chi connectivity index (χ0v) is 13.2. The molecule has 0 bridgehead atoms. The molecule has 2 rings (SSSR count). The molecule has 0 spiro atoms. The van der Waals surface area contributed by atoms with Crippen molar-refractivity contribution in [2.75, 3.05) is 13.1 Å². The maximum absolute atomic E-state index is 12.2. The maximum Gasteiger partial charge on any atom is 0.573 e. The largest absolute Gasteiger partial charge is 0.573 e. The van der Waals surface area contributed by atoms with Gasteiger partial charge < -0.3 is 15.4 Å². The van der Waals surface area contributed by atoms with E-state index in [2.05, 4.69) is 4.74 Å². The first kappa shape index (κ1) is 18.1. The highest BCUT2D eigenvalue weighted by Gasteiger charge is 2.35. The smallest absolute Gasteiger partial charge is 0.406 e. The lowest BCUT2D eigenvalue weighted by Crippen LogP contribution is -2.32. The second-order valence-electron chi connectivity index (χ2n) is 5.98. The van der Waals surface area contributed by atoms with Crippen molar-refractivity contribution in [2.24, 2.45) is 17.6 Å². The molecule has 1 heterocycles. The molecule has 1 aromatic rings. The summed E-state index contributed by atoms with van der Waals surface area (Å²) in [5.41, 5.74) is 6.04. The Morgan fingerprint density at radius 2 is 1.88 bits per heavy atom. The summed E-state index contributed by atoms with van der Waals surface area (Å²) >= 11 is 0. The number of primary amides is 1. The van der Waals surface area contributed by atoms with Gasteiger partial charge in [-0.05, 0) is 30.0 Å². The lowest BCUT2D eigenvalue weighted by molar-refractivity contribution is -0.274. The maximum atomic E-state index is 12.2. The van der Waals surface area contributed by atoms with Gasteiger partial charge in [0.05, 0.1) is 5.92 Å². The third-order valence-electron chi connectivity index (χ3n) is 4.11. The summed E-state index contributed by atoms with van der Waals surface area (Å²) in [7, 11) is 0. The molecule has 1 aliphatic rings. The monoisotopic (exact) mass is 344 g/mol. The van der Waals surface area contributed by atoms with Crippen molar-refractivity contribution in [3.63, 3.8) is 0 Å². The molecule has 8 heteroatoms. The van der Waals surface area contributed by atoms with Crippen LogP contribution in [0, 0.1) is 11.8 Å². The van der Waals surface area contributed by atoms with E-state index in [1.54, 1.807) is 4.90 Å². The first-order valence-corrected chi connectivity index (χ1v) is 7.57. The van der Waals surface area contributed by atoms with Gasteiger partial charge in [-0.3, -0.25) is 9.59 Å². The van der Waals surface area contributed by atoms with Crippen LogP contribution in [0.15, 0.2) is 24.3 Å². The molecule has 132 valence electrons. The third kappa shape index (κ3) is 4.87. The summed E-state index contributed by atoms with van der Waals surface area (Å²) < 4.78 is 40.0. The fraction of sp³-hybridized carbons (Fsp3) is 0.500. The highest BCUT2D eigenvalue weighted by molar-refractivity contribution is 5.81. The number of carbonyl (C=O) groups excluding carboxylic acids is 2. The van der Waals surface area contributed by atoms with E-state index >= 15 is 0 Å². The quantitative estimate of drug-likeness (QED) is 0.889. The van der Waals surface area contributed by atoms with Crippen molar-refractivity contribution in [2.45, 2.75) is 26.1 Å². The first-order valence-electron chi connectivity index (χ1n) is 7.57. The Hall–Kier alpha value is -2.25. The Balaban J connectivity index is 1.85. The molecule has 2 atom stereocenters. The minimum Gasteiger partial charge on any atom is -0.406 e. The molecule has 2 N–H and O–H groups in total. The molecule has 1 saturated heterocycles. The average molecular weight is 344 g/mol. The predicted octanol–water partition coefficient (Wildman–Crippen LogP) is 2.10. The van der Waals surface area contributed by atoms with E-state index in [1.165, 1.54) is 24.3 Å². The van der Waals surface area contributed by atoms with Crippen molar-refractivity contribution in [3.05, 3.63) is 29.8 Å². The number of ether oxygens (including phenoxy) is 1. The Kier molecular flexibility index (Phi) is 5.36. The molecule has 0 radical (unpaired) electrons. The van der Waals surface area contributed by atoms with Gasteiger partial charge in [0.15, 0.2) is 0 Å². The number of hydrogen-bond acceptors (Lipinski definition) is 3. The van der Waals surface area contributed by atoms with Crippen LogP contribution in [0.5, 0.6) is 5.75 Å². The van der Waals surface area contributed by atoms with Gasteiger partial charge in [0, 0.05) is 19.5 Å². The van der Waals surface area contributed by atoms with E-state index < -0.39 is 12.3 Å². The molecular weight excluding hydrogens is 325 g/mol. The van der Waals surface area contributed by atoms with Crippen LogP contribution in [0.1, 0.15) is 18.9 Å². The molecule has 5 nitrogen and oxygen atoms in total. The van der Waals surface area contributed by atoms with Gasteiger partial charge in [0.1, 0.15) is 5.75 Å². The number of nitrogens with zero attached hydrogens (tertiary/aromatic N) is 1. The minimum atomic E-state index is -4.72. The number of likely N-dealkylation sites (tertiary alicyclic amines) is 1. The van der Waals surface area contributed by atoms with Crippen molar-refractivity contribution in [1.82, 2.24) is 4.90 Å². The van der Waals surface area contributed by atoms with Crippen molar-refractivity contribution >= 4 is 11.8 Å². The normalized spacial score (nSPS) is 20.9. The van der Waals surface area contributed by atoms with Crippen LogP contribution in [0.2, 0.25) is 0 Å². The summed E-state index contributed by atoms with van der Waals surface area (Å²) in [5.74, 6) is -1.09. The summed E-state index contributed by atoms with van der Waals surface area (Å²) in [6, 6.07) is 5.42. The molecule has 0 aromatic heterocycles. The van der Waals surface area contributed by atoms with Gasteiger partial charge in [-0.25, -0.2) is 0 Å². The number of amides is 2. The minimum absolute atomic E-state index is 0.0326. The van der Waals surface area contributed by atoms with Gasteiger partial charge in [-0.15, -0.1) is 13.2 Å². The average Bonchev–Trinajstić information content (AvgIpc) is 2.87. The van der Waals surface area contributed by atoms with Gasteiger partial charge in [0.25, 0.3) is 0 Å². The van der Waals surface area contributed by atoms with E-state index in [0.29, 0.717) is 19.5 Å². The van der Waals surface area contributed by atoms with E-state index in [9.17, 15) is 22.8 Å². The fourth-order valence-electron chi connectivity index (χ4n) is 2.81. The number of alkyl halides is 3. The van der Waals surface area contributed by atoms with Gasteiger partial charge >= 0.3 is 6.36 Å². The highest BCUT2D eigenvalue weighted by Crippen LogP contribution is 2.25. The summed E-state index contributed by atoms with van der Waals surface area (Å²) in [6.07, 6.45) is -4.10. The summed E-state index contributed by atoms with van der Waals surface area (Å²) in [4.78, 5) is 25.1. The molecule has 1 fully saturated rings. The third-order valence-corrected chi connectivity index (χ3v) is 4.11. The highest BCUT2D eigenvalue weighted by atomic mass is 19.4. The number of halogens is 3. The molecule has 1 aliphatic heterocycles. The number of aryl methyl sites for hydroxylation is 1. The summed E-state index contributed by atoms with van der Waals surface area (Å²) in [6.45, 7) is 2.70. The van der Waals surface area contributed by atoms with E-state index in [4.69, 9.17) is 5.73 Å². The van der Waals surface area contributed by atoms with Gasteiger partial charge in [0.2, 0.25) is 11.8 Å². The lowest BCUT2D eigenvalue weighted by atomic mass is 9.98. The van der Waals surface area contributed by atoms with Crippen LogP contribution in [0.4, 0.5) is 13.2 Å².